The molecule has 0 radical (unpaired) electrons. The van der Waals surface area contributed by atoms with Crippen LogP contribution in [0.1, 0.15) is 25.1 Å². The third-order valence-corrected chi connectivity index (χ3v) is 3.74. The van der Waals surface area contributed by atoms with Gasteiger partial charge in [0.2, 0.25) is 5.91 Å². The molecule has 2 aromatic rings. The lowest BCUT2D eigenvalue weighted by Gasteiger charge is -2.23. The van der Waals surface area contributed by atoms with Gasteiger partial charge in [-0.25, -0.2) is 9.37 Å². The molecule has 3 rings (SSSR count). The molecular weight excluding hydrogens is 271 g/mol. The predicted molar refractivity (Wildman–Crippen MR) is 78.4 cm³/mol. The van der Waals surface area contributed by atoms with Gasteiger partial charge < -0.3 is 15.6 Å². The van der Waals surface area contributed by atoms with E-state index in [0.717, 1.165) is 31.4 Å². The maximum absolute atomic E-state index is 13.1. The summed E-state index contributed by atoms with van der Waals surface area (Å²) in [5.74, 6) is 0.461. The lowest BCUT2D eigenvalue weighted by Crippen LogP contribution is -2.45. The number of aromatic nitrogens is 2. The summed E-state index contributed by atoms with van der Waals surface area (Å²) < 4.78 is 13.1. The number of H-pyrrole nitrogens is 1. The number of aromatic amines is 1. The Kier molecular flexibility index (Phi) is 4.15. The van der Waals surface area contributed by atoms with Gasteiger partial charge in [-0.3, -0.25) is 4.79 Å². The number of nitrogens with zero attached hydrogens (tertiary/aromatic N) is 1. The molecule has 1 amide bonds. The molecule has 0 aliphatic carbocycles. The quantitative estimate of drug-likeness (QED) is 0.799. The first-order valence-corrected chi connectivity index (χ1v) is 7.35. The summed E-state index contributed by atoms with van der Waals surface area (Å²) in [7, 11) is 0. The highest BCUT2D eigenvalue weighted by atomic mass is 19.1. The van der Waals surface area contributed by atoms with Gasteiger partial charge in [0.1, 0.15) is 11.6 Å². The normalized spacial score (nSPS) is 18.8. The van der Waals surface area contributed by atoms with Gasteiger partial charge in [0.15, 0.2) is 0 Å². The molecule has 0 bridgehead atoms. The number of amides is 1. The SMILES string of the molecule is O=C(CCc1nc2ccc(F)cc2[nH]1)N[C@@H]1CCCNC1. The van der Waals surface area contributed by atoms with Crippen molar-refractivity contribution in [1.82, 2.24) is 20.6 Å². The molecule has 1 atom stereocenters. The van der Waals surface area contributed by atoms with Crippen LogP contribution in [0.4, 0.5) is 4.39 Å². The molecule has 112 valence electrons. The molecule has 1 aliphatic rings. The van der Waals surface area contributed by atoms with E-state index in [0.29, 0.717) is 24.2 Å². The third kappa shape index (κ3) is 3.58. The van der Waals surface area contributed by atoms with E-state index < -0.39 is 0 Å². The van der Waals surface area contributed by atoms with Crippen LogP contribution in [0.25, 0.3) is 11.0 Å². The van der Waals surface area contributed by atoms with Crippen LogP contribution in [0, 0.1) is 5.82 Å². The van der Waals surface area contributed by atoms with Crippen LogP contribution in [-0.4, -0.2) is 35.0 Å². The van der Waals surface area contributed by atoms with Gasteiger partial charge >= 0.3 is 0 Å². The second-order valence-corrected chi connectivity index (χ2v) is 5.46. The standard InChI is InChI=1S/C15H19FN4O/c16-10-3-4-12-13(8-10)20-14(19-12)5-6-15(21)18-11-2-1-7-17-9-11/h3-4,8,11,17H,1-2,5-7,9H2,(H,18,21)(H,19,20)/t11-/m1/s1. The molecule has 21 heavy (non-hydrogen) atoms. The minimum Gasteiger partial charge on any atom is -0.352 e. The Hall–Kier alpha value is -1.95. The van der Waals surface area contributed by atoms with Crippen molar-refractivity contribution in [2.45, 2.75) is 31.7 Å². The maximum Gasteiger partial charge on any atom is 0.220 e. The van der Waals surface area contributed by atoms with Crippen molar-refractivity contribution in [3.63, 3.8) is 0 Å². The van der Waals surface area contributed by atoms with Crippen LogP contribution in [0.15, 0.2) is 18.2 Å². The Morgan fingerprint density at radius 1 is 1.48 bits per heavy atom. The Morgan fingerprint density at radius 3 is 3.19 bits per heavy atom. The molecule has 5 nitrogen and oxygen atoms in total. The number of hydrogen-bond acceptors (Lipinski definition) is 3. The Bertz CT molecular complexity index is 634. The summed E-state index contributed by atoms with van der Waals surface area (Å²) in [5.41, 5.74) is 1.39. The number of nitrogens with one attached hydrogen (secondary N) is 3. The number of halogens is 1. The van der Waals surface area contributed by atoms with Gasteiger partial charge in [0.05, 0.1) is 11.0 Å². The number of piperidine rings is 1. The molecule has 1 aliphatic heterocycles. The topological polar surface area (TPSA) is 69.8 Å². The van der Waals surface area contributed by atoms with Crippen LogP contribution >= 0.6 is 0 Å². The van der Waals surface area contributed by atoms with E-state index >= 15 is 0 Å². The van der Waals surface area contributed by atoms with Crippen molar-refractivity contribution in [2.75, 3.05) is 13.1 Å². The Balaban J connectivity index is 1.54. The number of carbonyl (C=O) groups is 1. The van der Waals surface area contributed by atoms with Crippen LogP contribution in [0.3, 0.4) is 0 Å². The van der Waals surface area contributed by atoms with Crippen LogP contribution < -0.4 is 10.6 Å². The minimum atomic E-state index is -0.291. The fourth-order valence-corrected chi connectivity index (χ4v) is 2.66. The van der Waals surface area contributed by atoms with E-state index in [2.05, 4.69) is 20.6 Å². The van der Waals surface area contributed by atoms with Crippen LogP contribution in [0.5, 0.6) is 0 Å². The fourth-order valence-electron chi connectivity index (χ4n) is 2.66. The second-order valence-electron chi connectivity index (χ2n) is 5.46. The van der Waals surface area contributed by atoms with Crippen molar-refractivity contribution >= 4 is 16.9 Å². The first kappa shape index (κ1) is 14.0. The molecule has 1 saturated heterocycles. The summed E-state index contributed by atoms with van der Waals surface area (Å²) in [6, 6.07) is 4.67. The van der Waals surface area contributed by atoms with Gasteiger partial charge in [-0.15, -0.1) is 0 Å². The highest BCUT2D eigenvalue weighted by molar-refractivity contribution is 5.77. The van der Waals surface area contributed by atoms with Crippen molar-refractivity contribution in [1.29, 1.82) is 0 Å². The van der Waals surface area contributed by atoms with Gasteiger partial charge in [-0.1, -0.05) is 0 Å². The monoisotopic (exact) mass is 290 g/mol. The number of carbonyl (C=O) groups excluding carboxylic acids is 1. The minimum absolute atomic E-state index is 0.0373. The van der Waals surface area contributed by atoms with Gasteiger partial charge in [-0.05, 0) is 37.6 Å². The van der Waals surface area contributed by atoms with E-state index in [9.17, 15) is 9.18 Å². The number of hydrogen-bond donors (Lipinski definition) is 3. The maximum atomic E-state index is 13.1. The largest absolute Gasteiger partial charge is 0.352 e. The van der Waals surface area contributed by atoms with E-state index in [1.54, 1.807) is 6.07 Å². The average Bonchev–Trinajstić information content (AvgIpc) is 2.88. The zero-order chi connectivity index (χ0) is 14.7. The smallest absolute Gasteiger partial charge is 0.220 e. The number of fused-ring (bicyclic) bond motifs is 1. The first-order valence-electron chi connectivity index (χ1n) is 7.35. The molecule has 1 aromatic heterocycles. The van der Waals surface area contributed by atoms with Crippen molar-refractivity contribution in [2.24, 2.45) is 0 Å². The summed E-state index contributed by atoms with van der Waals surface area (Å²) in [4.78, 5) is 19.3. The van der Waals surface area contributed by atoms with Crippen LogP contribution in [0.2, 0.25) is 0 Å². The zero-order valence-electron chi connectivity index (χ0n) is 11.8. The molecule has 0 spiro atoms. The van der Waals surface area contributed by atoms with Gasteiger partial charge in [0.25, 0.3) is 0 Å². The average molecular weight is 290 g/mol. The van der Waals surface area contributed by atoms with E-state index in [1.165, 1.54) is 12.1 Å². The van der Waals surface area contributed by atoms with Crippen molar-refractivity contribution in [3.05, 3.63) is 29.8 Å². The molecular formula is C15H19FN4O. The number of aryl methyl sites for hydroxylation is 1. The number of benzene rings is 1. The molecule has 3 N–H and O–H groups in total. The molecule has 1 fully saturated rings. The fraction of sp³-hybridized carbons (Fsp3) is 0.467. The van der Waals surface area contributed by atoms with Crippen molar-refractivity contribution < 1.29 is 9.18 Å². The molecule has 0 saturated carbocycles. The molecule has 6 heteroatoms. The van der Waals surface area contributed by atoms with E-state index in [1.807, 2.05) is 0 Å². The Morgan fingerprint density at radius 2 is 2.38 bits per heavy atom. The zero-order valence-corrected chi connectivity index (χ0v) is 11.8. The predicted octanol–water partition coefficient (Wildman–Crippen LogP) is 1.50. The summed E-state index contributed by atoms with van der Waals surface area (Å²) in [6.45, 7) is 1.87. The molecule has 0 unspecified atom stereocenters. The summed E-state index contributed by atoms with van der Waals surface area (Å²) >= 11 is 0. The third-order valence-electron chi connectivity index (χ3n) is 3.74. The molecule has 2 heterocycles. The van der Waals surface area contributed by atoms with Crippen LogP contribution in [-0.2, 0) is 11.2 Å². The molecule has 1 aromatic carbocycles. The van der Waals surface area contributed by atoms with Crippen molar-refractivity contribution in [3.8, 4) is 0 Å². The van der Waals surface area contributed by atoms with Gasteiger partial charge in [0, 0.05) is 25.4 Å². The summed E-state index contributed by atoms with van der Waals surface area (Å²) in [5, 5.41) is 6.30. The van der Waals surface area contributed by atoms with E-state index in [-0.39, 0.29) is 17.8 Å². The van der Waals surface area contributed by atoms with E-state index in [4.69, 9.17) is 0 Å². The highest BCUT2D eigenvalue weighted by Crippen LogP contribution is 2.13. The highest BCUT2D eigenvalue weighted by Gasteiger charge is 2.15. The lowest BCUT2D eigenvalue weighted by atomic mass is 10.1. The second kappa shape index (κ2) is 6.22. The summed E-state index contributed by atoms with van der Waals surface area (Å²) in [6.07, 6.45) is 3.05. The number of rotatable bonds is 4. The van der Waals surface area contributed by atoms with Gasteiger partial charge in [-0.2, -0.15) is 0 Å². The first-order chi connectivity index (χ1) is 10.2. The number of imidazole rings is 1. The lowest BCUT2D eigenvalue weighted by molar-refractivity contribution is -0.121. The Labute approximate surface area is 122 Å².